The van der Waals surface area contributed by atoms with Crippen LogP contribution in [0.5, 0.6) is 0 Å². The monoisotopic (exact) mass is 547 g/mol. The first-order chi connectivity index (χ1) is 17.6. The van der Waals surface area contributed by atoms with Crippen LogP contribution in [0.1, 0.15) is 25.9 Å². The van der Waals surface area contributed by atoms with Crippen LogP contribution in [0.25, 0.3) is 10.9 Å². The first-order valence-electron chi connectivity index (χ1n) is 11.4. The van der Waals surface area contributed by atoms with E-state index >= 15 is 0 Å². The van der Waals surface area contributed by atoms with Gasteiger partial charge < -0.3 is 30.8 Å². The van der Waals surface area contributed by atoms with Gasteiger partial charge in [0.15, 0.2) is 10.8 Å². The molecule has 0 aliphatic carbocycles. The number of likely N-dealkylation sites (N-methyl/N-ethyl adjacent to an activating group) is 1. The van der Waals surface area contributed by atoms with Crippen molar-refractivity contribution in [2.75, 3.05) is 33.2 Å². The van der Waals surface area contributed by atoms with Crippen LogP contribution in [0.4, 0.5) is 0 Å². The van der Waals surface area contributed by atoms with Crippen LogP contribution in [0, 0.1) is 0 Å². The smallest absolute Gasteiger partial charge is 0.327 e. The Bertz CT molecular complexity index is 1530. The van der Waals surface area contributed by atoms with Crippen molar-refractivity contribution in [3.8, 4) is 0 Å². The number of aromatic nitrogens is 2. The maximum atomic E-state index is 13.4. The number of sulfonamides is 1. The fraction of sp³-hybridized carbons (Fsp3) is 0.364. The molecule has 15 heteroatoms. The molecule has 2 aliphatic rings. The number of nitrogens with one attached hydrogen (secondary N) is 1. The molecule has 2 aromatic heterocycles. The van der Waals surface area contributed by atoms with Gasteiger partial charge in [-0.1, -0.05) is 17.3 Å². The van der Waals surface area contributed by atoms with Gasteiger partial charge in [-0.15, -0.1) is 11.3 Å². The summed E-state index contributed by atoms with van der Waals surface area (Å²) in [5, 5.41) is 22.4. The number of amidine groups is 1. The van der Waals surface area contributed by atoms with Crippen LogP contribution >= 0.6 is 11.3 Å². The first kappa shape index (κ1) is 25.1. The summed E-state index contributed by atoms with van der Waals surface area (Å²) >= 11 is 1.26. The largest absolute Gasteiger partial charge is 0.480 e. The highest BCUT2D eigenvalue weighted by Crippen LogP contribution is 2.28. The Kier molecular flexibility index (Phi) is 6.39. The highest BCUT2D eigenvalue weighted by atomic mass is 32.2. The van der Waals surface area contributed by atoms with Crippen molar-refractivity contribution in [2.24, 2.45) is 10.9 Å². The van der Waals surface area contributed by atoms with Crippen molar-refractivity contribution in [2.45, 2.75) is 24.0 Å². The second kappa shape index (κ2) is 9.41. The molecular formula is C22H25N7O6S2. The third-order valence-electron chi connectivity index (χ3n) is 6.61. The van der Waals surface area contributed by atoms with Crippen LogP contribution < -0.4 is 5.73 Å². The summed E-state index contributed by atoms with van der Waals surface area (Å²) in [5.41, 5.74) is 7.32. The number of aromatic amines is 1. The Hall–Kier alpha value is -3.53. The van der Waals surface area contributed by atoms with Crippen LogP contribution in [-0.4, -0.2) is 99.8 Å². The average Bonchev–Trinajstić information content (AvgIpc) is 3.51. The van der Waals surface area contributed by atoms with Crippen LogP contribution in [0.15, 0.2) is 34.4 Å². The number of thiazole rings is 1. The molecule has 1 atom stereocenters. The number of carboxylic acid groups (broad SMARTS) is 1. The number of nitrogens with zero attached hydrogens (tertiary/aromatic N) is 5. The van der Waals surface area contributed by atoms with Gasteiger partial charge in [-0.05, 0) is 19.2 Å². The number of rotatable bonds is 5. The number of carbonyl (C=O) groups excluding carboxylic acids is 1. The zero-order chi connectivity index (χ0) is 26.5. The molecule has 4 heterocycles. The number of aliphatic carboxylic acids is 1. The van der Waals surface area contributed by atoms with Gasteiger partial charge in [0.2, 0.25) is 0 Å². The third-order valence-corrected chi connectivity index (χ3v) is 9.47. The Labute approximate surface area is 215 Å². The summed E-state index contributed by atoms with van der Waals surface area (Å²) in [7, 11) is -2.12. The van der Waals surface area contributed by atoms with Gasteiger partial charge >= 0.3 is 5.97 Å². The van der Waals surface area contributed by atoms with Crippen molar-refractivity contribution in [3.63, 3.8) is 0 Å². The fourth-order valence-corrected chi connectivity index (χ4v) is 7.16. The van der Waals surface area contributed by atoms with E-state index in [1.54, 1.807) is 18.2 Å². The molecule has 1 aromatic carbocycles. The minimum Gasteiger partial charge on any atom is -0.480 e. The SMILES string of the molecule is CN1CCc2nc(C(=O)N3CCN(S(=O)(=O)c4cc5ccc(C(N)=NO)cc5[nH]4)CC3C(=O)O)sc2C1. The van der Waals surface area contributed by atoms with E-state index in [0.29, 0.717) is 23.0 Å². The number of oxime groups is 1. The average molecular weight is 548 g/mol. The van der Waals surface area contributed by atoms with Crippen molar-refractivity contribution in [1.82, 2.24) is 24.1 Å². The quantitative estimate of drug-likeness (QED) is 0.151. The molecular weight excluding hydrogens is 522 g/mol. The molecule has 13 nitrogen and oxygen atoms in total. The van der Waals surface area contributed by atoms with Crippen molar-refractivity contribution >= 4 is 50.0 Å². The van der Waals surface area contributed by atoms with Crippen molar-refractivity contribution in [3.05, 3.63) is 45.4 Å². The zero-order valence-electron chi connectivity index (χ0n) is 19.8. The topological polar surface area (TPSA) is 186 Å². The molecule has 1 unspecified atom stereocenters. The number of fused-ring (bicyclic) bond motifs is 2. The molecule has 0 bridgehead atoms. The normalized spacial score (nSPS) is 19.8. The molecule has 0 radical (unpaired) electrons. The van der Waals surface area contributed by atoms with Gasteiger partial charge in [0.05, 0.1) is 5.69 Å². The fourth-order valence-electron chi connectivity index (χ4n) is 4.56. The van der Waals surface area contributed by atoms with E-state index in [1.165, 1.54) is 22.3 Å². The van der Waals surface area contributed by atoms with Gasteiger partial charge in [-0.25, -0.2) is 18.2 Å². The molecule has 5 rings (SSSR count). The summed E-state index contributed by atoms with van der Waals surface area (Å²) in [4.78, 5) is 37.0. The second-order valence-electron chi connectivity index (χ2n) is 9.01. The number of hydrogen-bond acceptors (Lipinski definition) is 9. The standard InChI is InChI=1S/C22H25N7O6S2/c1-27-5-4-14-17(11-27)36-20(25-14)21(30)29-7-6-28(10-16(29)22(31)32)37(34,35)18-9-12-2-3-13(19(23)26-33)8-15(12)24-18/h2-3,8-9,16,24,33H,4-7,10-11H2,1H3,(H2,23,26)(H,31,32). The van der Waals surface area contributed by atoms with E-state index in [1.807, 2.05) is 7.05 Å². The van der Waals surface area contributed by atoms with E-state index < -0.39 is 34.5 Å². The highest BCUT2D eigenvalue weighted by molar-refractivity contribution is 7.89. The summed E-state index contributed by atoms with van der Waals surface area (Å²) in [6.07, 6.45) is 0.718. The number of benzene rings is 1. The molecule has 0 saturated carbocycles. The zero-order valence-corrected chi connectivity index (χ0v) is 21.4. The van der Waals surface area contributed by atoms with E-state index in [9.17, 15) is 23.1 Å². The van der Waals surface area contributed by atoms with Gasteiger partial charge in [0.25, 0.3) is 15.9 Å². The van der Waals surface area contributed by atoms with Gasteiger partial charge in [-0.3, -0.25) is 4.79 Å². The highest BCUT2D eigenvalue weighted by Gasteiger charge is 2.41. The minimum atomic E-state index is -4.10. The lowest BCUT2D eigenvalue weighted by atomic mass is 10.1. The number of amides is 1. The maximum Gasteiger partial charge on any atom is 0.327 e. The predicted molar refractivity (Wildman–Crippen MR) is 134 cm³/mol. The van der Waals surface area contributed by atoms with Crippen LogP contribution in [0.2, 0.25) is 0 Å². The molecule has 5 N–H and O–H groups in total. The molecule has 1 saturated heterocycles. The number of hydrogen-bond donors (Lipinski definition) is 4. The number of H-pyrrole nitrogens is 1. The summed E-state index contributed by atoms with van der Waals surface area (Å²) in [5.74, 6) is -1.93. The van der Waals surface area contributed by atoms with E-state index in [4.69, 9.17) is 10.9 Å². The molecule has 3 aromatic rings. The lowest BCUT2D eigenvalue weighted by molar-refractivity contribution is -0.143. The molecule has 37 heavy (non-hydrogen) atoms. The minimum absolute atomic E-state index is 0.0730. The molecule has 1 fully saturated rings. The van der Waals surface area contributed by atoms with Gasteiger partial charge in [0, 0.05) is 60.5 Å². The lowest BCUT2D eigenvalue weighted by Crippen LogP contribution is -2.59. The van der Waals surface area contributed by atoms with Crippen LogP contribution in [-0.2, 0) is 27.8 Å². The Balaban J connectivity index is 1.38. The summed E-state index contributed by atoms with van der Waals surface area (Å²) in [6, 6.07) is 4.83. The van der Waals surface area contributed by atoms with E-state index in [0.717, 1.165) is 27.8 Å². The number of piperazine rings is 1. The number of nitrogens with two attached hydrogens (primary N) is 1. The summed E-state index contributed by atoms with van der Waals surface area (Å²) < 4.78 is 27.9. The van der Waals surface area contributed by atoms with Gasteiger partial charge in [-0.2, -0.15) is 4.31 Å². The Morgan fingerprint density at radius 3 is 2.76 bits per heavy atom. The summed E-state index contributed by atoms with van der Waals surface area (Å²) in [6.45, 7) is 0.946. The maximum absolute atomic E-state index is 13.4. The molecule has 2 aliphatic heterocycles. The number of carboxylic acids is 1. The lowest BCUT2D eigenvalue weighted by Gasteiger charge is -2.37. The van der Waals surface area contributed by atoms with Crippen LogP contribution in [0.3, 0.4) is 0 Å². The Morgan fingerprint density at radius 2 is 2.03 bits per heavy atom. The Morgan fingerprint density at radius 1 is 1.24 bits per heavy atom. The third kappa shape index (κ3) is 4.54. The molecule has 1 amide bonds. The predicted octanol–water partition coefficient (Wildman–Crippen LogP) is 0.307. The van der Waals surface area contributed by atoms with Crippen molar-refractivity contribution < 1.29 is 28.3 Å². The van der Waals surface area contributed by atoms with Crippen molar-refractivity contribution in [1.29, 1.82) is 0 Å². The van der Waals surface area contributed by atoms with E-state index in [2.05, 4.69) is 20.0 Å². The second-order valence-corrected chi connectivity index (χ2v) is 12.0. The first-order valence-corrected chi connectivity index (χ1v) is 13.7. The van der Waals surface area contributed by atoms with Gasteiger partial charge in [0.1, 0.15) is 11.1 Å². The number of carbonyl (C=O) groups is 2. The molecule has 0 spiro atoms. The van der Waals surface area contributed by atoms with E-state index in [-0.39, 0.29) is 29.0 Å². The molecule has 196 valence electrons.